The zero-order chi connectivity index (χ0) is 15.4. The largest absolute Gasteiger partial charge is 0.356 e. The molecule has 0 atom stereocenters. The van der Waals surface area contributed by atoms with Gasteiger partial charge in [0.25, 0.3) is 0 Å². The van der Waals surface area contributed by atoms with Gasteiger partial charge in [0, 0.05) is 13.5 Å². The van der Waals surface area contributed by atoms with Gasteiger partial charge in [0.05, 0.1) is 0 Å². The first-order valence-corrected chi connectivity index (χ1v) is 7.55. The van der Waals surface area contributed by atoms with E-state index in [1.54, 1.807) is 6.92 Å². The molecule has 3 rings (SSSR count). The summed E-state index contributed by atoms with van der Waals surface area (Å²) in [7, 11) is 0. The Hall–Kier alpha value is -2.61. The van der Waals surface area contributed by atoms with Crippen molar-refractivity contribution in [3.8, 4) is 11.1 Å². The Balaban J connectivity index is 1.97. The van der Waals surface area contributed by atoms with E-state index in [0.717, 1.165) is 6.42 Å². The Labute approximate surface area is 130 Å². The first-order valence-electron chi connectivity index (χ1n) is 7.55. The molecule has 0 aliphatic carbocycles. The van der Waals surface area contributed by atoms with Crippen molar-refractivity contribution in [2.45, 2.75) is 13.3 Å². The second-order valence-electron chi connectivity index (χ2n) is 5.45. The minimum Gasteiger partial charge on any atom is -0.356 e. The Morgan fingerprint density at radius 2 is 1.73 bits per heavy atom. The Bertz CT molecular complexity index is 793. The van der Waals surface area contributed by atoms with Gasteiger partial charge in [-0.3, -0.25) is 4.79 Å². The van der Waals surface area contributed by atoms with Crippen LogP contribution in [0.2, 0.25) is 0 Å². The van der Waals surface area contributed by atoms with Gasteiger partial charge >= 0.3 is 0 Å². The molecule has 1 amide bonds. The first-order chi connectivity index (χ1) is 10.7. The standard InChI is InChI=1S/C20H19NO/c1-15(22)21-13-12-18-9-5-8-17-10-11-19(14-20(17)18)16-6-3-2-4-7-16/h2-11,14H,12-13H2,1H3,(H,21,22). The van der Waals surface area contributed by atoms with Crippen molar-refractivity contribution in [1.82, 2.24) is 5.32 Å². The maximum absolute atomic E-state index is 11.0. The van der Waals surface area contributed by atoms with Gasteiger partial charge in [0.1, 0.15) is 0 Å². The summed E-state index contributed by atoms with van der Waals surface area (Å²) in [6.07, 6.45) is 0.842. The lowest BCUT2D eigenvalue weighted by Crippen LogP contribution is -2.22. The number of benzene rings is 3. The minimum atomic E-state index is 0.0187. The van der Waals surface area contributed by atoms with Crippen LogP contribution < -0.4 is 5.32 Å². The van der Waals surface area contributed by atoms with Crippen LogP contribution in [-0.2, 0) is 11.2 Å². The van der Waals surface area contributed by atoms with Gasteiger partial charge < -0.3 is 5.32 Å². The molecule has 0 saturated heterocycles. The highest BCUT2D eigenvalue weighted by Gasteiger charge is 2.04. The van der Waals surface area contributed by atoms with Gasteiger partial charge in [0.2, 0.25) is 5.91 Å². The third kappa shape index (κ3) is 3.17. The lowest BCUT2D eigenvalue weighted by atomic mass is 9.97. The molecular formula is C20H19NO. The fraction of sp³-hybridized carbons (Fsp3) is 0.150. The van der Waals surface area contributed by atoms with E-state index in [1.807, 2.05) is 6.07 Å². The SMILES string of the molecule is CC(=O)NCCc1cccc2ccc(-c3ccccc3)cc12. The van der Waals surface area contributed by atoms with Crippen LogP contribution in [0.4, 0.5) is 0 Å². The van der Waals surface area contributed by atoms with Crippen LogP contribution in [0.25, 0.3) is 21.9 Å². The number of rotatable bonds is 4. The first kappa shape index (κ1) is 14.3. The third-order valence-corrected chi connectivity index (χ3v) is 3.85. The summed E-state index contributed by atoms with van der Waals surface area (Å²) in [5, 5.41) is 5.36. The van der Waals surface area contributed by atoms with Gasteiger partial charge in [-0.15, -0.1) is 0 Å². The molecule has 3 aromatic rings. The number of carbonyl (C=O) groups is 1. The molecule has 0 radical (unpaired) electrons. The van der Waals surface area contributed by atoms with Crippen molar-refractivity contribution in [2.24, 2.45) is 0 Å². The normalized spacial score (nSPS) is 10.6. The van der Waals surface area contributed by atoms with Gasteiger partial charge in [-0.1, -0.05) is 60.7 Å². The summed E-state index contributed by atoms with van der Waals surface area (Å²) in [4.78, 5) is 11.0. The fourth-order valence-electron chi connectivity index (χ4n) is 2.74. The van der Waals surface area contributed by atoms with Crippen LogP contribution in [0.3, 0.4) is 0 Å². The molecule has 0 aliphatic rings. The monoisotopic (exact) mass is 289 g/mol. The van der Waals surface area contributed by atoms with E-state index in [1.165, 1.54) is 27.5 Å². The van der Waals surface area contributed by atoms with Crippen molar-refractivity contribution in [3.05, 3.63) is 72.3 Å². The van der Waals surface area contributed by atoms with E-state index in [4.69, 9.17) is 0 Å². The second-order valence-corrected chi connectivity index (χ2v) is 5.45. The molecule has 2 heteroatoms. The van der Waals surface area contributed by atoms with Crippen LogP contribution in [0.1, 0.15) is 12.5 Å². The van der Waals surface area contributed by atoms with Crippen LogP contribution in [0, 0.1) is 0 Å². The average molecular weight is 289 g/mol. The molecule has 1 N–H and O–H groups in total. The van der Waals surface area contributed by atoms with Crippen molar-refractivity contribution in [2.75, 3.05) is 6.54 Å². The number of hydrogen-bond acceptors (Lipinski definition) is 1. The minimum absolute atomic E-state index is 0.0187. The van der Waals surface area contributed by atoms with Gasteiger partial charge in [0.15, 0.2) is 0 Å². The fourth-order valence-corrected chi connectivity index (χ4v) is 2.74. The molecular weight excluding hydrogens is 270 g/mol. The summed E-state index contributed by atoms with van der Waals surface area (Å²) in [5.74, 6) is 0.0187. The molecule has 0 aromatic heterocycles. The molecule has 3 aromatic carbocycles. The predicted molar refractivity (Wildman–Crippen MR) is 91.8 cm³/mol. The predicted octanol–water partition coefficient (Wildman–Crippen LogP) is 4.19. The highest BCUT2D eigenvalue weighted by Crippen LogP contribution is 2.26. The van der Waals surface area contributed by atoms with Crippen LogP contribution in [0.15, 0.2) is 66.7 Å². The summed E-state index contributed by atoms with van der Waals surface area (Å²) >= 11 is 0. The van der Waals surface area contributed by atoms with Crippen molar-refractivity contribution >= 4 is 16.7 Å². The van der Waals surface area contributed by atoms with Crippen molar-refractivity contribution in [3.63, 3.8) is 0 Å². The van der Waals surface area contributed by atoms with Gasteiger partial charge in [-0.05, 0) is 39.9 Å². The van der Waals surface area contributed by atoms with Crippen LogP contribution >= 0.6 is 0 Å². The summed E-state index contributed by atoms with van der Waals surface area (Å²) in [6.45, 7) is 2.22. The molecule has 0 spiro atoms. The molecule has 0 heterocycles. The molecule has 22 heavy (non-hydrogen) atoms. The third-order valence-electron chi connectivity index (χ3n) is 3.85. The molecule has 0 saturated carbocycles. The van der Waals surface area contributed by atoms with E-state index in [2.05, 4.69) is 66.0 Å². The zero-order valence-corrected chi connectivity index (χ0v) is 12.7. The number of hydrogen-bond donors (Lipinski definition) is 1. The number of nitrogens with one attached hydrogen (secondary N) is 1. The van der Waals surface area contributed by atoms with Crippen LogP contribution in [0.5, 0.6) is 0 Å². The highest BCUT2D eigenvalue weighted by molar-refractivity contribution is 5.90. The molecule has 110 valence electrons. The topological polar surface area (TPSA) is 29.1 Å². The van der Waals surface area contributed by atoms with Crippen molar-refractivity contribution < 1.29 is 4.79 Å². The number of amides is 1. The number of carbonyl (C=O) groups excluding carboxylic acids is 1. The van der Waals surface area contributed by atoms with Gasteiger partial charge in [-0.25, -0.2) is 0 Å². The van der Waals surface area contributed by atoms with Crippen LogP contribution in [-0.4, -0.2) is 12.5 Å². The number of fused-ring (bicyclic) bond motifs is 1. The summed E-state index contributed by atoms with van der Waals surface area (Å²) in [5.41, 5.74) is 3.71. The zero-order valence-electron chi connectivity index (χ0n) is 12.7. The van der Waals surface area contributed by atoms with E-state index in [9.17, 15) is 4.79 Å². The second kappa shape index (κ2) is 6.44. The molecule has 0 aliphatic heterocycles. The Kier molecular flexibility index (Phi) is 4.19. The lowest BCUT2D eigenvalue weighted by molar-refractivity contribution is -0.118. The Morgan fingerprint density at radius 1 is 0.909 bits per heavy atom. The Morgan fingerprint density at radius 3 is 2.50 bits per heavy atom. The smallest absolute Gasteiger partial charge is 0.216 e. The van der Waals surface area contributed by atoms with E-state index in [-0.39, 0.29) is 5.91 Å². The van der Waals surface area contributed by atoms with E-state index < -0.39 is 0 Å². The molecule has 2 nitrogen and oxygen atoms in total. The lowest BCUT2D eigenvalue weighted by Gasteiger charge is -2.09. The van der Waals surface area contributed by atoms with E-state index >= 15 is 0 Å². The quantitative estimate of drug-likeness (QED) is 0.767. The van der Waals surface area contributed by atoms with E-state index in [0.29, 0.717) is 6.54 Å². The maximum atomic E-state index is 11.0. The highest BCUT2D eigenvalue weighted by atomic mass is 16.1. The average Bonchev–Trinajstić information content (AvgIpc) is 2.55. The maximum Gasteiger partial charge on any atom is 0.216 e. The summed E-state index contributed by atoms with van der Waals surface area (Å²) < 4.78 is 0. The molecule has 0 bridgehead atoms. The van der Waals surface area contributed by atoms with Gasteiger partial charge in [-0.2, -0.15) is 0 Å². The molecule has 0 fully saturated rings. The van der Waals surface area contributed by atoms with Crippen molar-refractivity contribution in [1.29, 1.82) is 0 Å². The summed E-state index contributed by atoms with van der Waals surface area (Å²) in [6, 6.07) is 23.3. The molecule has 0 unspecified atom stereocenters.